The summed E-state index contributed by atoms with van der Waals surface area (Å²) in [5.74, 6) is 3.25. The second-order valence-corrected chi connectivity index (χ2v) is 6.47. The molecule has 0 saturated carbocycles. The molecule has 2 aromatic heterocycles. The largest absolute Gasteiger partial charge is 0.493 e. The lowest BCUT2D eigenvalue weighted by atomic mass is 10.2. The van der Waals surface area contributed by atoms with Gasteiger partial charge in [0.1, 0.15) is 0 Å². The van der Waals surface area contributed by atoms with Crippen molar-refractivity contribution < 1.29 is 23.5 Å². The highest BCUT2D eigenvalue weighted by atomic mass is 16.7. The molecule has 0 saturated heterocycles. The van der Waals surface area contributed by atoms with Crippen LogP contribution in [0.1, 0.15) is 5.69 Å². The van der Waals surface area contributed by atoms with Gasteiger partial charge in [0.2, 0.25) is 12.6 Å². The van der Waals surface area contributed by atoms with Crippen LogP contribution in [0.15, 0.2) is 40.9 Å². The van der Waals surface area contributed by atoms with Gasteiger partial charge < -0.3 is 23.5 Å². The fourth-order valence-electron chi connectivity index (χ4n) is 3.20. The molecule has 0 amide bonds. The number of rotatable bonds is 5. The van der Waals surface area contributed by atoms with Crippen LogP contribution in [0, 0.1) is 6.92 Å². The predicted molar refractivity (Wildman–Crippen MR) is 104 cm³/mol. The molecule has 10 heteroatoms. The highest BCUT2D eigenvalue weighted by molar-refractivity contribution is 5.63. The fraction of sp³-hybridized carbons (Fsp3) is 0.200. The number of methoxy groups -OCH3 is 2. The van der Waals surface area contributed by atoms with Gasteiger partial charge in [0.15, 0.2) is 28.7 Å². The number of nitrogens with zero attached hydrogens (tertiary/aromatic N) is 5. The third-order valence-corrected chi connectivity index (χ3v) is 4.77. The first-order chi connectivity index (χ1) is 14.7. The molecule has 0 radical (unpaired) electrons. The summed E-state index contributed by atoms with van der Waals surface area (Å²) in [5, 5.41) is 12.5. The SMILES string of the molecule is COc1ccc(-n2nnc(-c3nc(-c4ccc5c(c4)OCO5)no3)c2C)cc1OC. The second-order valence-electron chi connectivity index (χ2n) is 6.47. The van der Waals surface area contributed by atoms with E-state index in [0.717, 1.165) is 16.9 Å². The smallest absolute Gasteiger partial charge is 0.280 e. The summed E-state index contributed by atoms with van der Waals surface area (Å²) in [7, 11) is 3.17. The number of hydrogen-bond acceptors (Lipinski definition) is 9. The highest BCUT2D eigenvalue weighted by Crippen LogP contribution is 2.36. The third kappa shape index (κ3) is 2.89. The molecule has 4 aromatic rings. The van der Waals surface area contributed by atoms with Gasteiger partial charge >= 0.3 is 0 Å². The topological polar surface area (TPSA) is 107 Å². The molecule has 0 aliphatic carbocycles. The van der Waals surface area contributed by atoms with E-state index in [1.165, 1.54) is 0 Å². The molecular weight excluding hydrogens is 390 g/mol. The number of ether oxygens (including phenoxy) is 4. The van der Waals surface area contributed by atoms with E-state index in [-0.39, 0.29) is 12.7 Å². The van der Waals surface area contributed by atoms with Gasteiger partial charge in [0.25, 0.3) is 5.89 Å². The number of hydrogen-bond donors (Lipinski definition) is 0. The minimum absolute atomic E-state index is 0.203. The molecule has 30 heavy (non-hydrogen) atoms. The summed E-state index contributed by atoms with van der Waals surface area (Å²) in [6.45, 7) is 2.07. The zero-order valence-corrected chi connectivity index (χ0v) is 16.4. The molecule has 152 valence electrons. The summed E-state index contributed by atoms with van der Waals surface area (Å²) >= 11 is 0. The average molecular weight is 407 g/mol. The average Bonchev–Trinajstić information content (AvgIpc) is 3.52. The molecule has 1 aliphatic heterocycles. The molecule has 5 rings (SSSR count). The van der Waals surface area contributed by atoms with Gasteiger partial charge in [-0.3, -0.25) is 0 Å². The van der Waals surface area contributed by atoms with Crippen LogP contribution >= 0.6 is 0 Å². The van der Waals surface area contributed by atoms with E-state index in [2.05, 4.69) is 20.5 Å². The van der Waals surface area contributed by atoms with Crippen LogP contribution < -0.4 is 18.9 Å². The second kappa shape index (κ2) is 7.07. The minimum Gasteiger partial charge on any atom is -0.493 e. The first kappa shape index (κ1) is 18.0. The van der Waals surface area contributed by atoms with Crippen molar-refractivity contribution in [3.63, 3.8) is 0 Å². The van der Waals surface area contributed by atoms with Crippen molar-refractivity contribution in [3.05, 3.63) is 42.1 Å². The highest BCUT2D eigenvalue weighted by Gasteiger charge is 2.21. The Bertz CT molecular complexity index is 1230. The van der Waals surface area contributed by atoms with E-state index in [1.54, 1.807) is 25.0 Å². The quantitative estimate of drug-likeness (QED) is 0.493. The van der Waals surface area contributed by atoms with Gasteiger partial charge in [-0.1, -0.05) is 10.4 Å². The molecule has 0 N–H and O–H groups in total. The van der Waals surface area contributed by atoms with Gasteiger partial charge in [-0.2, -0.15) is 4.98 Å². The Morgan fingerprint density at radius 3 is 2.63 bits per heavy atom. The Kier molecular flexibility index (Phi) is 4.24. The maximum absolute atomic E-state index is 5.44. The molecule has 2 aromatic carbocycles. The molecular formula is C20H17N5O5. The monoisotopic (exact) mass is 407 g/mol. The van der Waals surface area contributed by atoms with Gasteiger partial charge in [-0.25, -0.2) is 4.68 Å². The summed E-state index contributed by atoms with van der Waals surface area (Å²) in [5.41, 5.74) is 2.74. The Hall–Kier alpha value is -4.08. The maximum atomic E-state index is 5.44. The van der Waals surface area contributed by atoms with Crippen LogP contribution in [0.5, 0.6) is 23.0 Å². The fourth-order valence-corrected chi connectivity index (χ4v) is 3.20. The van der Waals surface area contributed by atoms with E-state index >= 15 is 0 Å². The summed E-state index contributed by atoms with van der Waals surface area (Å²) in [6, 6.07) is 10.9. The van der Waals surface area contributed by atoms with Crippen molar-refractivity contribution in [2.75, 3.05) is 21.0 Å². The van der Waals surface area contributed by atoms with Crippen LogP contribution in [-0.2, 0) is 0 Å². The van der Waals surface area contributed by atoms with Gasteiger partial charge in [0, 0.05) is 11.6 Å². The van der Waals surface area contributed by atoms with Gasteiger partial charge in [0.05, 0.1) is 25.6 Å². The van der Waals surface area contributed by atoms with E-state index in [9.17, 15) is 0 Å². The molecule has 0 unspecified atom stereocenters. The maximum Gasteiger partial charge on any atom is 0.280 e. The molecule has 0 fully saturated rings. The molecule has 0 spiro atoms. The summed E-state index contributed by atoms with van der Waals surface area (Å²) in [6.07, 6.45) is 0. The third-order valence-electron chi connectivity index (χ3n) is 4.77. The van der Waals surface area contributed by atoms with Crippen LogP contribution in [0.2, 0.25) is 0 Å². The Morgan fingerprint density at radius 2 is 1.80 bits per heavy atom. The van der Waals surface area contributed by atoms with Crippen molar-refractivity contribution >= 4 is 0 Å². The predicted octanol–water partition coefficient (Wildman–Crippen LogP) is 3.04. The lowest BCUT2D eigenvalue weighted by Gasteiger charge is -2.10. The van der Waals surface area contributed by atoms with Crippen LogP contribution in [0.3, 0.4) is 0 Å². The van der Waals surface area contributed by atoms with Crippen molar-refractivity contribution in [2.24, 2.45) is 0 Å². The van der Waals surface area contributed by atoms with Crippen molar-refractivity contribution in [1.29, 1.82) is 0 Å². The Labute approximate surface area is 170 Å². The van der Waals surface area contributed by atoms with Gasteiger partial charge in [-0.15, -0.1) is 5.10 Å². The standard InChI is InChI=1S/C20H17N5O5/c1-11-18(22-24-25(11)13-5-7-14(26-2)16(9-13)27-3)20-21-19(23-30-20)12-4-6-15-17(8-12)29-10-28-15/h4-9H,10H2,1-3H3. The zero-order chi connectivity index (χ0) is 20.7. The van der Waals surface area contributed by atoms with Crippen LogP contribution in [0.25, 0.3) is 28.7 Å². The number of fused-ring (bicyclic) bond motifs is 1. The Morgan fingerprint density at radius 1 is 0.967 bits per heavy atom. The lowest BCUT2D eigenvalue weighted by molar-refractivity contribution is 0.174. The van der Waals surface area contributed by atoms with Crippen molar-refractivity contribution in [2.45, 2.75) is 6.92 Å². The first-order valence-electron chi connectivity index (χ1n) is 9.06. The Balaban J connectivity index is 1.48. The summed E-state index contributed by atoms with van der Waals surface area (Å²) in [4.78, 5) is 4.47. The molecule has 3 heterocycles. The van der Waals surface area contributed by atoms with Gasteiger partial charge in [-0.05, 0) is 37.3 Å². The van der Waals surface area contributed by atoms with Crippen molar-refractivity contribution in [3.8, 4) is 51.7 Å². The molecule has 10 nitrogen and oxygen atoms in total. The number of aromatic nitrogens is 5. The normalized spacial score (nSPS) is 12.2. The molecule has 0 atom stereocenters. The summed E-state index contributed by atoms with van der Waals surface area (Å²) < 4.78 is 28.5. The number of benzene rings is 2. The van der Waals surface area contributed by atoms with Crippen LogP contribution in [0.4, 0.5) is 0 Å². The minimum atomic E-state index is 0.203. The van der Waals surface area contributed by atoms with E-state index in [1.807, 2.05) is 37.3 Å². The zero-order valence-electron chi connectivity index (χ0n) is 16.4. The first-order valence-corrected chi connectivity index (χ1v) is 9.06. The van der Waals surface area contributed by atoms with Crippen LogP contribution in [-0.4, -0.2) is 46.1 Å². The van der Waals surface area contributed by atoms with E-state index < -0.39 is 0 Å². The molecule has 0 bridgehead atoms. The lowest BCUT2D eigenvalue weighted by Crippen LogP contribution is -2.00. The van der Waals surface area contributed by atoms with Crippen molar-refractivity contribution in [1.82, 2.24) is 25.1 Å². The van der Waals surface area contributed by atoms with E-state index in [4.69, 9.17) is 23.5 Å². The van der Waals surface area contributed by atoms with E-state index in [0.29, 0.717) is 34.5 Å². The molecule has 1 aliphatic rings.